The number of aromatic nitrogens is 2. The number of hydrazone groups is 1. The Labute approximate surface area is 188 Å². The number of nitrogens with zero attached hydrogens (tertiary/aromatic N) is 2. The number of nitrogens with one attached hydrogen (secondary N) is 2. The van der Waals surface area contributed by atoms with Crippen molar-refractivity contribution in [1.29, 1.82) is 0 Å². The summed E-state index contributed by atoms with van der Waals surface area (Å²) in [5.41, 5.74) is 1.81. The maximum absolute atomic E-state index is 12.5. The lowest BCUT2D eigenvalue weighted by atomic mass is 10.1. The molecule has 11 heteroatoms. The van der Waals surface area contributed by atoms with Crippen LogP contribution in [0.25, 0.3) is 11.0 Å². The van der Waals surface area contributed by atoms with Crippen molar-refractivity contribution in [2.24, 2.45) is 5.10 Å². The molecule has 0 saturated carbocycles. The van der Waals surface area contributed by atoms with Crippen LogP contribution < -0.4 is 11.0 Å². The second-order valence-electron chi connectivity index (χ2n) is 6.19. The lowest BCUT2D eigenvalue weighted by Gasteiger charge is -2.17. The summed E-state index contributed by atoms with van der Waals surface area (Å²) in [5.74, 6) is -0.594. The van der Waals surface area contributed by atoms with Crippen molar-refractivity contribution in [3.63, 3.8) is 0 Å². The summed E-state index contributed by atoms with van der Waals surface area (Å²) in [6.07, 6.45) is -3.45. The average Bonchev–Trinajstić information content (AvgIpc) is 2.73. The number of H-pyrrole nitrogens is 1. The van der Waals surface area contributed by atoms with E-state index in [0.717, 1.165) is 0 Å². The van der Waals surface area contributed by atoms with Crippen molar-refractivity contribution in [3.8, 4) is 0 Å². The van der Waals surface area contributed by atoms with Crippen LogP contribution in [-0.2, 0) is 0 Å². The van der Waals surface area contributed by atoms with E-state index in [9.17, 15) is 24.9 Å². The molecule has 5 N–H and O–H groups in total. The molecule has 30 heavy (non-hydrogen) atoms. The topological polar surface area (TPSA) is 148 Å². The molecule has 0 bridgehead atoms. The first-order valence-corrected chi connectivity index (χ1v) is 10.1. The summed E-state index contributed by atoms with van der Waals surface area (Å²) in [7, 11) is 0. The van der Waals surface area contributed by atoms with E-state index in [4.69, 9.17) is 11.6 Å². The van der Waals surface area contributed by atoms with Crippen LogP contribution >= 0.6 is 34.2 Å². The van der Waals surface area contributed by atoms with Gasteiger partial charge in [0.25, 0.3) is 11.5 Å². The van der Waals surface area contributed by atoms with Crippen molar-refractivity contribution >= 4 is 56.8 Å². The Kier molecular flexibility index (Phi) is 7.15. The third kappa shape index (κ3) is 4.84. The highest BCUT2D eigenvalue weighted by Gasteiger charge is 2.27. The first-order chi connectivity index (χ1) is 14.3. The molecule has 0 radical (unpaired) electrons. The van der Waals surface area contributed by atoms with Crippen molar-refractivity contribution in [3.05, 3.63) is 72.7 Å². The highest BCUT2D eigenvalue weighted by atomic mass is 127. The standard InChI is InChI=1S/C19H16ClIN4O5/c20-9-5-6-12-13(7-9)22-16(19(30)23-12)15(17(28)14(27)8-26)24-25-18(29)10-3-1-2-4-11(10)21/h1-7,14,17,26-28H,8H2,(H,23,30)(H,25,29). The number of rotatable bonds is 6. The van der Waals surface area contributed by atoms with Crippen molar-refractivity contribution in [1.82, 2.24) is 15.4 Å². The van der Waals surface area contributed by atoms with E-state index >= 15 is 0 Å². The van der Waals surface area contributed by atoms with E-state index in [1.807, 2.05) is 22.6 Å². The average molecular weight is 543 g/mol. The third-order valence-corrected chi connectivity index (χ3v) is 5.30. The van der Waals surface area contributed by atoms with E-state index in [2.05, 4.69) is 20.5 Å². The summed E-state index contributed by atoms with van der Waals surface area (Å²) in [5, 5.41) is 33.7. The minimum Gasteiger partial charge on any atom is -0.394 e. The van der Waals surface area contributed by atoms with Gasteiger partial charge in [-0.2, -0.15) is 5.10 Å². The Bertz CT molecular complexity index is 1180. The van der Waals surface area contributed by atoms with Gasteiger partial charge in [0.2, 0.25) is 0 Å². The van der Waals surface area contributed by atoms with E-state index < -0.39 is 36.0 Å². The molecule has 0 spiro atoms. The molecule has 1 amide bonds. The van der Waals surface area contributed by atoms with Gasteiger partial charge in [0.05, 0.1) is 23.2 Å². The smallest absolute Gasteiger partial charge is 0.276 e. The normalized spacial score (nSPS) is 13.8. The molecule has 1 heterocycles. The van der Waals surface area contributed by atoms with E-state index in [1.54, 1.807) is 36.4 Å². The first-order valence-electron chi connectivity index (χ1n) is 8.61. The maximum atomic E-state index is 12.5. The second kappa shape index (κ2) is 9.62. The fourth-order valence-corrected chi connectivity index (χ4v) is 3.39. The Balaban J connectivity index is 2.07. The fraction of sp³-hybridized carbons (Fsp3) is 0.158. The van der Waals surface area contributed by atoms with Crippen LogP contribution in [0.4, 0.5) is 0 Å². The Morgan fingerprint density at radius 2 is 2.00 bits per heavy atom. The van der Waals surface area contributed by atoms with Gasteiger partial charge in [0.1, 0.15) is 17.9 Å². The van der Waals surface area contributed by atoms with Crippen LogP contribution in [-0.4, -0.2) is 55.7 Å². The number of aromatic amines is 1. The van der Waals surface area contributed by atoms with E-state index in [-0.39, 0.29) is 5.69 Å². The molecule has 1 aromatic heterocycles. The van der Waals surface area contributed by atoms with Crippen LogP contribution in [0.15, 0.2) is 52.4 Å². The summed E-state index contributed by atoms with van der Waals surface area (Å²) < 4.78 is 0.664. The molecule has 2 unspecified atom stereocenters. The van der Waals surface area contributed by atoms with Gasteiger partial charge in [0.15, 0.2) is 5.69 Å². The highest BCUT2D eigenvalue weighted by molar-refractivity contribution is 14.1. The molecule has 3 rings (SSSR count). The Hall–Kier alpha value is -2.38. The van der Waals surface area contributed by atoms with Gasteiger partial charge in [0, 0.05) is 8.59 Å². The van der Waals surface area contributed by atoms with Crippen LogP contribution in [0, 0.1) is 3.57 Å². The predicted molar refractivity (Wildman–Crippen MR) is 120 cm³/mol. The number of hydrogen-bond donors (Lipinski definition) is 5. The quantitative estimate of drug-likeness (QED) is 0.179. The van der Waals surface area contributed by atoms with E-state index in [0.29, 0.717) is 25.2 Å². The number of aliphatic hydroxyl groups is 3. The summed E-state index contributed by atoms with van der Waals surface area (Å²) in [4.78, 5) is 31.8. The molecule has 0 aliphatic heterocycles. The molecule has 2 aromatic carbocycles. The molecule has 156 valence electrons. The zero-order chi connectivity index (χ0) is 21.8. The number of carbonyl (C=O) groups is 1. The van der Waals surface area contributed by atoms with E-state index in [1.165, 1.54) is 6.07 Å². The van der Waals surface area contributed by atoms with Gasteiger partial charge in [-0.15, -0.1) is 0 Å². The van der Waals surface area contributed by atoms with Gasteiger partial charge < -0.3 is 20.3 Å². The van der Waals surface area contributed by atoms with Crippen LogP contribution in [0.3, 0.4) is 0 Å². The number of hydrogen-bond acceptors (Lipinski definition) is 7. The molecule has 3 aromatic rings. The van der Waals surface area contributed by atoms with Crippen LogP contribution in [0.2, 0.25) is 5.02 Å². The number of amides is 1. The lowest BCUT2D eigenvalue weighted by molar-refractivity contribution is 0.0183. The van der Waals surface area contributed by atoms with Gasteiger partial charge in [-0.25, -0.2) is 10.4 Å². The molecular formula is C19H16ClIN4O5. The summed E-state index contributed by atoms with van der Waals surface area (Å²) >= 11 is 7.95. The lowest BCUT2D eigenvalue weighted by Crippen LogP contribution is -2.41. The zero-order valence-electron chi connectivity index (χ0n) is 15.2. The Morgan fingerprint density at radius 1 is 1.27 bits per heavy atom. The molecule has 2 atom stereocenters. The minimum atomic E-state index is -1.80. The number of carbonyl (C=O) groups excluding carboxylic acids is 1. The maximum Gasteiger partial charge on any atom is 0.276 e. The zero-order valence-corrected chi connectivity index (χ0v) is 18.1. The largest absolute Gasteiger partial charge is 0.394 e. The molecule has 9 nitrogen and oxygen atoms in total. The molecule has 0 aliphatic rings. The van der Waals surface area contributed by atoms with Crippen molar-refractivity contribution < 1.29 is 20.1 Å². The number of benzene rings is 2. The number of halogens is 2. The monoisotopic (exact) mass is 542 g/mol. The molecule has 0 fully saturated rings. The summed E-state index contributed by atoms with van der Waals surface area (Å²) in [6, 6.07) is 11.4. The van der Waals surface area contributed by atoms with Gasteiger partial charge in [-0.1, -0.05) is 23.7 Å². The molecular weight excluding hydrogens is 527 g/mol. The first kappa shape index (κ1) is 22.3. The highest BCUT2D eigenvalue weighted by Crippen LogP contribution is 2.16. The molecule has 0 saturated heterocycles. The van der Waals surface area contributed by atoms with Gasteiger partial charge in [-0.3, -0.25) is 9.59 Å². The third-order valence-electron chi connectivity index (χ3n) is 4.13. The van der Waals surface area contributed by atoms with Crippen molar-refractivity contribution in [2.45, 2.75) is 12.2 Å². The van der Waals surface area contributed by atoms with Crippen molar-refractivity contribution in [2.75, 3.05) is 6.61 Å². The predicted octanol–water partition coefficient (Wildman–Crippen LogP) is 1.03. The summed E-state index contributed by atoms with van der Waals surface area (Å²) in [6.45, 7) is -0.804. The molecule has 0 aliphatic carbocycles. The number of fused-ring (bicyclic) bond motifs is 1. The Morgan fingerprint density at radius 3 is 2.70 bits per heavy atom. The second-order valence-corrected chi connectivity index (χ2v) is 7.79. The minimum absolute atomic E-state index is 0.305. The van der Waals surface area contributed by atoms with Gasteiger partial charge >= 0.3 is 0 Å². The number of aliphatic hydroxyl groups excluding tert-OH is 3. The SMILES string of the molecule is O=C(NN=C(c1nc2cc(Cl)ccc2[nH]c1=O)C(O)C(O)CO)c1ccccc1I. The van der Waals surface area contributed by atoms with Gasteiger partial charge in [-0.05, 0) is 52.9 Å². The van der Waals surface area contributed by atoms with Crippen LogP contribution in [0.1, 0.15) is 16.1 Å². The fourth-order valence-electron chi connectivity index (χ4n) is 2.59. The van der Waals surface area contributed by atoms with Crippen LogP contribution in [0.5, 0.6) is 0 Å².